The number of ether oxygens (including phenoxy) is 1. The molecule has 3 aromatic rings. The van der Waals surface area contributed by atoms with E-state index in [0.717, 1.165) is 24.5 Å². The maximum absolute atomic E-state index is 5.27. The van der Waals surface area contributed by atoms with Gasteiger partial charge in [-0.15, -0.1) is 0 Å². The predicted octanol–water partition coefficient (Wildman–Crippen LogP) is 5.06. The Morgan fingerprint density at radius 3 is 1.96 bits per heavy atom. The predicted molar refractivity (Wildman–Crippen MR) is 103 cm³/mol. The first kappa shape index (κ1) is 16.8. The first-order valence-electron chi connectivity index (χ1n) is 8.33. The highest BCUT2D eigenvalue weighted by Gasteiger charge is 2.04. The fourth-order valence-electron chi connectivity index (χ4n) is 2.61. The highest BCUT2D eigenvalue weighted by molar-refractivity contribution is 5.62. The van der Waals surface area contributed by atoms with E-state index >= 15 is 0 Å². The topological polar surface area (TPSA) is 24.8 Å². The van der Waals surface area contributed by atoms with Gasteiger partial charge in [-0.25, -0.2) is 4.99 Å². The third-order valence-electron chi connectivity index (χ3n) is 3.88. The van der Waals surface area contributed by atoms with E-state index in [1.54, 1.807) is 7.11 Å². The van der Waals surface area contributed by atoms with Crippen LogP contribution in [0.4, 0.5) is 5.69 Å². The summed E-state index contributed by atoms with van der Waals surface area (Å²) >= 11 is 0. The second-order valence-electron chi connectivity index (χ2n) is 5.82. The monoisotopic (exact) mass is 330 g/mol. The van der Waals surface area contributed by atoms with Crippen LogP contribution in [0.1, 0.15) is 11.1 Å². The molecule has 0 amide bonds. The van der Waals surface area contributed by atoms with Crippen molar-refractivity contribution >= 4 is 12.0 Å². The van der Waals surface area contributed by atoms with E-state index in [0.29, 0.717) is 0 Å². The third-order valence-corrected chi connectivity index (χ3v) is 3.88. The van der Waals surface area contributed by atoms with Gasteiger partial charge >= 0.3 is 0 Å². The number of rotatable bonds is 7. The lowest BCUT2D eigenvalue weighted by Crippen LogP contribution is -2.20. The molecule has 3 heteroatoms. The van der Waals surface area contributed by atoms with E-state index in [4.69, 9.17) is 4.74 Å². The minimum Gasteiger partial charge on any atom is -0.497 e. The van der Waals surface area contributed by atoms with Gasteiger partial charge in [-0.3, -0.25) is 0 Å². The summed E-state index contributed by atoms with van der Waals surface area (Å²) in [6, 6.07) is 28.7. The Labute approximate surface area is 149 Å². The highest BCUT2D eigenvalue weighted by Crippen LogP contribution is 2.19. The molecule has 3 aromatic carbocycles. The molecular formula is C22H22N2O. The molecule has 0 N–H and O–H groups in total. The average molecular weight is 330 g/mol. The van der Waals surface area contributed by atoms with Gasteiger partial charge in [0.1, 0.15) is 5.75 Å². The summed E-state index contributed by atoms with van der Waals surface area (Å²) in [6.07, 6.45) is 1.91. The molecule has 3 nitrogen and oxygen atoms in total. The van der Waals surface area contributed by atoms with Crippen LogP contribution in [0.3, 0.4) is 0 Å². The molecule has 0 saturated carbocycles. The van der Waals surface area contributed by atoms with Crippen molar-refractivity contribution in [2.24, 2.45) is 4.99 Å². The quantitative estimate of drug-likeness (QED) is 0.447. The van der Waals surface area contributed by atoms with Crippen LogP contribution in [-0.4, -0.2) is 18.3 Å². The molecule has 0 aromatic heterocycles. The maximum atomic E-state index is 5.27. The lowest BCUT2D eigenvalue weighted by atomic mass is 10.2. The van der Waals surface area contributed by atoms with Crippen LogP contribution in [0.25, 0.3) is 0 Å². The number of benzene rings is 3. The lowest BCUT2D eigenvalue weighted by Gasteiger charge is -2.20. The van der Waals surface area contributed by atoms with Gasteiger partial charge in [0.25, 0.3) is 0 Å². The molecule has 0 saturated heterocycles. The van der Waals surface area contributed by atoms with E-state index in [2.05, 4.69) is 58.4 Å². The number of aliphatic imine (C=N–C) groups is 1. The second kappa shape index (κ2) is 8.69. The molecule has 0 spiro atoms. The molecule has 0 bridgehead atoms. The largest absolute Gasteiger partial charge is 0.497 e. The van der Waals surface area contributed by atoms with Gasteiger partial charge in [0.15, 0.2) is 0 Å². The molecule has 126 valence electrons. The number of hydrogen-bond donors (Lipinski definition) is 0. The van der Waals surface area contributed by atoms with Crippen molar-refractivity contribution in [2.45, 2.75) is 13.1 Å². The zero-order chi connectivity index (χ0) is 17.3. The molecule has 25 heavy (non-hydrogen) atoms. The van der Waals surface area contributed by atoms with Crippen LogP contribution in [-0.2, 0) is 13.1 Å². The van der Waals surface area contributed by atoms with Crippen molar-refractivity contribution in [2.75, 3.05) is 7.11 Å². The van der Waals surface area contributed by atoms with E-state index in [1.165, 1.54) is 11.1 Å². The van der Waals surface area contributed by atoms with Gasteiger partial charge in [-0.05, 0) is 23.3 Å². The van der Waals surface area contributed by atoms with Crippen LogP contribution >= 0.6 is 0 Å². The van der Waals surface area contributed by atoms with Crippen molar-refractivity contribution in [3.05, 3.63) is 96.1 Å². The molecule has 0 atom stereocenters. The number of nitrogens with zero attached hydrogens (tertiary/aromatic N) is 2. The molecular weight excluding hydrogens is 308 g/mol. The summed E-state index contributed by atoms with van der Waals surface area (Å²) < 4.78 is 5.27. The van der Waals surface area contributed by atoms with Gasteiger partial charge in [-0.1, -0.05) is 66.7 Å². The third kappa shape index (κ3) is 5.21. The van der Waals surface area contributed by atoms with E-state index in [9.17, 15) is 0 Å². The Morgan fingerprint density at radius 2 is 1.40 bits per heavy atom. The summed E-state index contributed by atoms with van der Waals surface area (Å²) in [5.74, 6) is 0.812. The Balaban J connectivity index is 1.78. The molecule has 0 radical (unpaired) electrons. The summed E-state index contributed by atoms with van der Waals surface area (Å²) in [6.45, 7) is 1.62. The van der Waals surface area contributed by atoms with Gasteiger partial charge in [0.2, 0.25) is 0 Å². The molecule has 0 aliphatic heterocycles. The minimum atomic E-state index is 0.809. The van der Waals surface area contributed by atoms with E-state index in [-0.39, 0.29) is 0 Å². The summed E-state index contributed by atoms with van der Waals surface area (Å²) in [5, 5.41) is 0. The summed E-state index contributed by atoms with van der Waals surface area (Å²) in [7, 11) is 1.67. The standard InChI is InChI=1S/C22H22N2O/c1-25-22-14-8-13-21(15-22)23-18-24(16-19-9-4-2-5-10-19)17-20-11-6-3-7-12-20/h2-15,18H,16-17H2,1H3. The maximum Gasteiger partial charge on any atom is 0.121 e. The first-order valence-corrected chi connectivity index (χ1v) is 8.33. The van der Waals surface area contributed by atoms with Gasteiger partial charge in [-0.2, -0.15) is 0 Å². The van der Waals surface area contributed by atoms with Crippen molar-refractivity contribution in [1.29, 1.82) is 0 Å². The minimum absolute atomic E-state index is 0.809. The Hall–Kier alpha value is -3.07. The normalized spacial score (nSPS) is 10.8. The van der Waals surface area contributed by atoms with Gasteiger partial charge in [0.05, 0.1) is 19.1 Å². The first-order chi connectivity index (χ1) is 12.3. The Bertz CT molecular complexity index is 759. The number of methoxy groups -OCH3 is 1. The zero-order valence-corrected chi connectivity index (χ0v) is 14.4. The van der Waals surface area contributed by atoms with Crippen LogP contribution < -0.4 is 4.74 Å². The fourth-order valence-corrected chi connectivity index (χ4v) is 2.61. The molecule has 0 fully saturated rings. The zero-order valence-electron chi connectivity index (χ0n) is 14.4. The van der Waals surface area contributed by atoms with Gasteiger partial charge in [0, 0.05) is 19.2 Å². The summed E-state index contributed by atoms with van der Waals surface area (Å²) in [5.41, 5.74) is 3.40. The average Bonchev–Trinajstić information content (AvgIpc) is 2.68. The van der Waals surface area contributed by atoms with Crippen LogP contribution in [0, 0.1) is 0 Å². The smallest absolute Gasteiger partial charge is 0.121 e. The lowest BCUT2D eigenvalue weighted by molar-refractivity contribution is 0.414. The van der Waals surface area contributed by atoms with Crippen molar-refractivity contribution in [3.63, 3.8) is 0 Å². The Morgan fingerprint density at radius 1 is 0.800 bits per heavy atom. The number of hydrogen-bond acceptors (Lipinski definition) is 2. The Kier molecular flexibility index (Phi) is 5.83. The molecule has 3 rings (SSSR count). The molecule has 0 heterocycles. The fraction of sp³-hybridized carbons (Fsp3) is 0.136. The van der Waals surface area contributed by atoms with E-state index < -0.39 is 0 Å². The SMILES string of the molecule is COc1cccc(N=CN(Cc2ccccc2)Cc2ccccc2)c1. The van der Waals surface area contributed by atoms with Crippen molar-refractivity contribution in [3.8, 4) is 5.75 Å². The highest BCUT2D eigenvalue weighted by atomic mass is 16.5. The van der Waals surface area contributed by atoms with Crippen molar-refractivity contribution in [1.82, 2.24) is 4.90 Å². The molecule has 0 aliphatic carbocycles. The van der Waals surface area contributed by atoms with Crippen LogP contribution in [0.15, 0.2) is 89.9 Å². The molecule has 0 aliphatic rings. The van der Waals surface area contributed by atoms with Crippen LogP contribution in [0.5, 0.6) is 5.75 Å². The second-order valence-corrected chi connectivity index (χ2v) is 5.82. The summed E-state index contributed by atoms with van der Waals surface area (Å²) in [4.78, 5) is 6.84. The van der Waals surface area contributed by atoms with E-state index in [1.807, 2.05) is 42.7 Å². The van der Waals surface area contributed by atoms with Crippen molar-refractivity contribution < 1.29 is 4.74 Å². The molecule has 0 unspecified atom stereocenters. The van der Waals surface area contributed by atoms with Crippen LogP contribution in [0.2, 0.25) is 0 Å². The van der Waals surface area contributed by atoms with Gasteiger partial charge < -0.3 is 9.64 Å².